The molecule has 0 bridgehead atoms. The predicted octanol–water partition coefficient (Wildman–Crippen LogP) is 1.83. The normalized spacial score (nSPS) is 10.7. The van der Waals surface area contributed by atoms with Gasteiger partial charge in [-0.25, -0.2) is 8.42 Å². The van der Waals surface area contributed by atoms with Crippen LogP contribution in [0.25, 0.3) is 0 Å². The predicted molar refractivity (Wildman–Crippen MR) is 103 cm³/mol. The first kappa shape index (κ1) is 20.2. The van der Waals surface area contributed by atoms with Crippen molar-refractivity contribution in [2.24, 2.45) is 0 Å². The second kappa shape index (κ2) is 9.04. The van der Waals surface area contributed by atoms with Crippen LogP contribution in [0.3, 0.4) is 0 Å². The average molecular weight is 391 g/mol. The van der Waals surface area contributed by atoms with Gasteiger partial charge in [0.05, 0.1) is 6.26 Å². The van der Waals surface area contributed by atoms with Crippen LogP contribution in [-0.4, -0.2) is 39.6 Å². The van der Waals surface area contributed by atoms with E-state index in [1.54, 1.807) is 42.5 Å². The molecule has 27 heavy (non-hydrogen) atoms. The SMILES string of the molecule is CCNC(=O)COc1ccc(NC(=O)c2cccc(NS(C)(=O)=O)c2)cc1. The van der Waals surface area contributed by atoms with Gasteiger partial charge in [0, 0.05) is 23.5 Å². The molecule has 0 aliphatic rings. The lowest BCUT2D eigenvalue weighted by Crippen LogP contribution is -2.28. The van der Waals surface area contributed by atoms with E-state index in [9.17, 15) is 18.0 Å². The second-order valence-corrected chi connectivity index (χ2v) is 7.42. The van der Waals surface area contributed by atoms with Gasteiger partial charge in [-0.05, 0) is 49.4 Å². The quantitative estimate of drug-likeness (QED) is 0.635. The molecule has 0 radical (unpaired) electrons. The fourth-order valence-corrected chi connectivity index (χ4v) is 2.73. The molecular formula is C18H21N3O5S. The molecule has 2 amide bonds. The minimum Gasteiger partial charge on any atom is -0.484 e. The minimum atomic E-state index is -3.42. The summed E-state index contributed by atoms with van der Waals surface area (Å²) >= 11 is 0. The maximum Gasteiger partial charge on any atom is 0.257 e. The zero-order chi connectivity index (χ0) is 19.9. The maximum atomic E-state index is 12.3. The summed E-state index contributed by atoms with van der Waals surface area (Å²) in [5, 5.41) is 5.34. The number of amides is 2. The number of anilines is 2. The van der Waals surface area contributed by atoms with E-state index < -0.39 is 10.0 Å². The lowest BCUT2D eigenvalue weighted by Gasteiger charge is -2.09. The third-order valence-electron chi connectivity index (χ3n) is 3.28. The van der Waals surface area contributed by atoms with Crippen molar-refractivity contribution in [1.82, 2.24) is 5.32 Å². The van der Waals surface area contributed by atoms with Crippen molar-refractivity contribution in [3.8, 4) is 5.75 Å². The van der Waals surface area contributed by atoms with Gasteiger partial charge in [0.1, 0.15) is 5.75 Å². The number of nitrogens with one attached hydrogen (secondary N) is 3. The van der Waals surface area contributed by atoms with Crippen molar-refractivity contribution in [3.63, 3.8) is 0 Å². The van der Waals surface area contributed by atoms with Gasteiger partial charge in [0.2, 0.25) is 10.0 Å². The summed E-state index contributed by atoms with van der Waals surface area (Å²) in [6, 6.07) is 12.7. The number of likely N-dealkylation sites (N-methyl/N-ethyl adjacent to an activating group) is 1. The Hall–Kier alpha value is -3.07. The molecule has 0 saturated carbocycles. The molecule has 0 aliphatic carbocycles. The van der Waals surface area contributed by atoms with E-state index in [-0.39, 0.29) is 18.4 Å². The molecule has 2 aromatic carbocycles. The number of ether oxygens (including phenoxy) is 1. The van der Waals surface area contributed by atoms with E-state index in [0.29, 0.717) is 29.2 Å². The van der Waals surface area contributed by atoms with Crippen LogP contribution in [-0.2, 0) is 14.8 Å². The largest absolute Gasteiger partial charge is 0.484 e. The van der Waals surface area contributed by atoms with E-state index in [0.717, 1.165) is 6.26 Å². The Labute approximate surface area is 158 Å². The van der Waals surface area contributed by atoms with Gasteiger partial charge in [0.15, 0.2) is 6.61 Å². The number of benzene rings is 2. The Kier molecular flexibility index (Phi) is 6.78. The molecule has 3 N–H and O–H groups in total. The van der Waals surface area contributed by atoms with Crippen LogP contribution < -0.4 is 20.1 Å². The van der Waals surface area contributed by atoms with Crippen LogP contribution in [0.5, 0.6) is 5.75 Å². The highest BCUT2D eigenvalue weighted by molar-refractivity contribution is 7.92. The Morgan fingerprint density at radius 1 is 1.04 bits per heavy atom. The summed E-state index contributed by atoms with van der Waals surface area (Å²) < 4.78 is 30.2. The Morgan fingerprint density at radius 3 is 2.37 bits per heavy atom. The summed E-state index contributed by atoms with van der Waals surface area (Å²) in [5.74, 6) is -0.0980. The van der Waals surface area contributed by atoms with E-state index in [1.165, 1.54) is 6.07 Å². The number of carbonyl (C=O) groups is 2. The molecule has 2 rings (SSSR count). The smallest absolute Gasteiger partial charge is 0.257 e. The third kappa shape index (κ3) is 6.98. The van der Waals surface area contributed by atoms with Crippen LogP contribution >= 0.6 is 0 Å². The van der Waals surface area contributed by atoms with Gasteiger partial charge in [-0.15, -0.1) is 0 Å². The zero-order valence-electron chi connectivity index (χ0n) is 15.0. The summed E-state index contributed by atoms with van der Waals surface area (Å²) in [5.41, 5.74) is 1.14. The van der Waals surface area contributed by atoms with Gasteiger partial charge in [-0.1, -0.05) is 6.07 Å². The van der Waals surface area contributed by atoms with Crippen molar-refractivity contribution in [2.75, 3.05) is 29.4 Å². The molecule has 0 unspecified atom stereocenters. The Bertz CT molecular complexity index is 911. The van der Waals surface area contributed by atoms with Crippen molar-refractivity contribution >= 4 is 33.2 Å². The lowest BCUT2D eigenvalue weighted by atomic mass is 10.2. The fourth-order valence-electron chi connectivity index (χ4n) is 2.17. The van der Waals surface area contributed by atoms with Gasteiger partial charge < -0.3 is 15.4 Å². The molecule has 0 fully saturated rings. The lowest BCUT2D eigenvalue weighted by molar-refractivity contribution is -0.122. The van der Waals surface area contributed by atoms with Crippen LogP contribution in [0.2, 0.25) is 0 Å². The summed E-state index contributed by atoms with van der Waals surface area (Å²) in [7, 11) is -3.42. The van der Waals surface area contributed by atoms with Crippen LogP contribution in [0.15, 0.2) is 48.5 Å². The van der Waals surface area contributed by atoms with Gasteiger partial charge in [-0.2, -0.15) is 0 Å². The monoisotopic (exact) mass is 391 g/mol. The molecule has 8 nitrogen and oxygen atoms in total. The number of rotatable bonds is 8. The molecular weight excluding hydrogens is 370 g/mol. The maximum absolute atomic E-state index is 12.3. The highest BCUT2D eigenvalue weighted by atomic mass is 32.2. The van der Waals surface area contributed by atoms with Crippen molar-refractivity contribution in [3.05, 3.63) is 54.1 Å². The van der Waals surface area contributed by atoms with E-state index in [1.807, 2.05) is 6.92 Å². The number of sulfonamides is 1. The van der Waals surface area contributed by atoms with Crippen molar-refractivity contribution < 1.29 is 22.7 Å². The fraction of sp³-hybridized carbons (Fsp3) is 0.222. The molecule has 144 valence electrons. The summed E-state index contributed by atoms with van der Waals surface area (Å²) in [6.45, 7) is 2.27. The summed E-state index contributed by atoms with van der Waals surface area (Å²) in [6.07, 6.45) is 1.04. The standard InChI is InChI=1S/C18H21N3O5S/c1-3-19-17(22)12-26-16-9-7-14(8-10-16)20-18(23)13-5-4-6-15(11-13)21-27(2,24)25/h4-11,21H,3,12H2,1-2H3,(H,19,22)(H,20,23). The average Bonchev–Trinajstić information content (AvgIpc) is 2.60. The number of hydrogen-bond donors (Lipinski definition) is 3. The van der Waals surface area contributed by atoms with E-state index in [4.69, 9.17) is 4.74 Å². The Morgan fingerprint density at radius 2 is 1.74 bits per heavy atom. The molecule has 0 atom stereocenters. The van der Waals surface area contributed by atoms with Gasteiger partial charge >= 0.3 is 0 Å². The molecule has 0 aliphatic heterocycles. The van der Waals surface area contributed by atoms with Crippen molar-refractivity contribution in [2.45, 2.75) is 6.92 Å². The highest BCUT2D eigenvalue weighted by Crippen LogP contribution is 2.18. The molecule has 2 aromatic rings. The van der Waals surface area contributed by atoms with Gasteiger partial charge in [0.25, 0.3) is 11.8 Å². The second-order valence-electron chi connectivity index (χ2n) is 5.68. The van der Waals surface area contributed by atoms with Crippen LogP contribution in [0.4, 0.5) is 11.4 Å². The molecule has 0 aromatic heterocycles. The molecule has 0 spiro atoms. The van der Waals surface area contributed by atoms with E-state index in [2.05, 4.69) is 15.4 Å². The third-order valence-corrected chi connectivity index (χ3v) is 3.89. The van der Waals surface area contributed by atoms with Crippen LogP contribution in [0, 0.1) is 0 Å². The number of hydrogen-bond acceptors (Lipinski definition) is 5. The zero-order valence-corrected chi connectivity index (χ0v) is 15.8. The molecule has 0 heterocycles. The van der Waals surface area contributed by atoms with E-state index >= 15 is 0 Å². The number of carbonyl (C=O) groups excluding carboxylic acids is 2. The first-order valence-electron chi connectivity index (χ1n) is 8.15. The van der Waals surface area contributed by atoms with Crippen LogP contribution in [0.1, 0.15) is 17.3 Å². The minimum absolute atomic E-state index is 0.0837. The molecule has 0 saturated heterocycles. The molecule has 9 heteroatoms. The highest BCUT2D eigenvalue weighted by Gasteiger charge is 2.09. The summed E-state index contributed by atoms with van der Waals surface area (Å²) in [4.78, 5) is 23.7. The topological polar surface area (TPSA) is 114 Å². The van der Waals surface area contributed by atoms with Gasteiger partial charge in [-0.3, -0.25) is 14.3 Å². The Balaban J connectivity index is 1.97. The first-order chi connectivity index (χ1) is 12.8. The van der Waals surface area contributed by atoms with Crippen molar-refractivity contribution in [1.29, 1.82) is 0 Å². The first-order valence-corrected chi connectivity index (χ1v) is 10.0.